The zero-order valence-corrected chi connectivity index (χ0v) is 7.94. The Morgan fingerprint density at radius 2 is 2.00 bits per heavy atom. The first-order valence-corrected chi connectivity index (χ1v) is 4.56. The van der Waals surface area contributed by atoms with Gasteiger partial charge in [0.1, 0.15) is 11.9 Å². The summed E-state index contributed by atoms with van der Waals surface area (Å²) in [5.74, 6) is 0.601. The van der Waals surface area contributed by atoms with Gasteiger partial charge in [-0.2, -0.15) is 0 Å². The SMILES string of the molecule is CC(O)c1nc(-c2ccccc2)c[nH]1. The molecule has 0 saturated heterocycles. The van der Waals surface area contributed by atoms with Crippen molar-refractivity contribution < 1.29 is 5.11 Å². The highest BCUT2D eigenvalue weighted by atomic mass is 16.3. The molecule has 1 aromatic heterocycles. The van der Waals surface area contributed by atoms with Crippen LogP contribution in [0.1, 0.15) is 18.9 Å². The summed E-state index contributed by atoms with van der Waals surface area (Å²) in [5, 5.41) is 9.29. The molecule has 1 aromatic carbocycles. The van der Waals surface area contributed by atoms with Crippen LogP contribution < -0.4 is 0 Å². The average molecular weight is 188 g/mol. The van der Waals surface area contributed by atoms with Gasteiger partial charge in [0.05, 0.1) is 5.69 Å². The van der Waals surface area contributed by atoms with Crippen molar-refractivity contribution in [2.45, 2.75) is 13.0 Å². The molecule has 0 aliphatic rings. The standard InChI is InChI=1S/C11H12N2O/c1-8(14)11-12-7-10(13-11)9-5-3-2-4-6-9/h2-8,14H,1H3,(H,12,13). The zero-order chi connectivity index (χ0) is 9.97. The summed E-state index contributed by atoms with van der Waals surface area (Å²) in [4.78, 5) is 7.22. The highest BCUT2D eigenvalue weighted by Crippen LogP contribution is 2.18. The molecule has 72 valence electrons. The lowest BCUT2D eigenvalue weighted by Gasteiger charge is -1.97. The molecule has 3 heteroatoms. The maximum absolute atomic E-state index is 9.29. The summed E-state index contributed by atoms with van der Waals surface area (Å²) in [6.07, 6.45) is 1.25. The number of nitrogens with zero attached hydrogens (tertiary/aromatic N) is 1. The number of aromatic nitrogens is 2. The van der Waals surface area contributed by atoms with Crippen molar-refractivity contribution in [3.8, 4) is 11.3 Å². The Morgan fingerprint density at radius 3 is 2.57 bits per heavy atom. The second-order valence-corrected chi connectivity index (χ2v) is 3.21. The number of aromatic amines is 1. The van der Waals surface area contributed by atoms with E-state index in [1.54, 1.807) is 13.1 Å². The average Bonchev–Trinajstić information content (AvgIpc) is 2.68. The van der Waals surface area contributed by atoms with E-state index < -0.39 is 6.10 Å². The molecule has 2 aromatic rings. The van der Waals surface area contributed by atoms with Gasteiger partial charge in [0, 0.05) is 11.8 Å². The fraction of sp³-hybridized carbons (Fsp3) is 0.182. The van der Waals surface area contributed by atoms with Gasteiger partial charge in [0.15, 0.2) is 0 Å². The largest absolute Gasteiger partial charge is 0.385 e. The number of nitrogens with one attached hydrogen (secondary N) is 1. The minimum Gasteiger partial charge on any atom is -0.385 e. The third-order valence-corrected chi connectivity index (χ3v) is 2.06. The molecule has 3 nitrogen and oxygen atoms in total. The number of hydrogen-bond acceptors (Lipinski definition) is 2. The van der Waals surface area contributed by atoms with Crippen LogP contribution in [0.25, 0.3) is 11.3 Å². The molecule has 2 N–H and O–H groups in total. The molecule has 2 rings (SSSR count). The van der Waals surface area contributed by atoms with Gasteiger partial charge < -0.3 is 10.1 Å². The van der Waals surface area contributed by atoms with E-state index in [2.05, 4.69) is 9.97 Å². The van der Waals surface area contributed by atoms with Crippen LogP contribution in [0, 0.1) is 0 Å². The molecule has 0 saturated carbocycles. The molecule has 0 spiro atoms. The van der Waals surface area contributed by atoms with E-state index in [1.165, 1.54) is 0 Å². The Labute approximate surface area is 82.4 Å². The van der Waals surface area contributed by atoms with E-state index in [1.807, 2.05) is 30.3 Å². The molecule has 0 bridgehead atoms. The first-order valence-electron chi connectivity index (χ1n) is 4.56. The predicted octanol–water partition coefficient (Wildman–Crippen LogP) is 2.13. The number of imidazole rings is 1. The van der Waals surface area contributed by atoms with E-state index >= 15 is 0 Å². The number of aliphatic hydroxyl groups excluding tert-OH is 1. The van der Waals surface area contributed by atoms with Crippen LogP contribution in [0.2, 0.25) is 0 Å². The molecule has 1 atom stereocenters. The smallest absolute Gasteiger partial charge is 0.135 e. The van der Waals surface area contributed by atoms with Crippen molar-refractivity contribution in [1.82, 2.24) is 9.97 Å². The molecule has 0 amide bonds. The van der Waals surface area contributed by atoms with Gasteiger partial charge in [-0.3, -0.25) is 0 Å². The Bertz CT molecular complexity index is 406. The van der Waals surface area contributed by atoms with Crippen LogP contribution in [-0.2, 0) is 0 Å². The topological polar surface area (TPSA) is 48.9 Å². The lowest BCUT2D eigenvalue weighted by Crippen LogP contribution is -1.92. The highest BCUT2D eigenvalue weighted by Gasteiger charge is 2.06. The molecular weight excluding hydrogens is 176 g/mol. The minimum absolute atomic E-state index is 0.549. The van der Waals surface area contributed by atoms with Gasteiger partial charge >= 0.3 is 0 Å². The molecule has 0 radical (unpaired) electrons. The van der Waals surface area contributed by atoms with Crippen LogP contribution in [0.5, 0.6) is 0 Å². The summed E-state index contributed by atoms with van der Waals surface area (Å²) in [6.45, 7) is 1.69. The van der Waals surface area contributed by atoms with Gasteiger partial charge in [-0.25, -0.2) is 4.98 Å². The fourth-order valence-electron chi connectivity index (χ4n) is 1.31. The van der Waals surface area contributed by atoms with Crippen LogP contribution >= 0.6 is 0 Å². The van der Waals surface area contributed by atoms with Crippen molar-refractivity contribution in [1.29, 1.82) is 0 Å². The zero-order valence-electron chi connectivity index (χ0n) is 7.94. The quantitative estimate of drug-likeness (QED) is 0.758. The van der Waals surface area contributed by atoms with E-state index in [0.717, 1.165) is 11.3 Å². The Kier molecular flexibility index (Phi) is 2.33. The molecule has 1 heterocycles. The second kappa shape index (κ2) is 3.64. The van der Waals surface area contributed by atoms with Crippen molar-refractivity contribution in [2.24, 2.45) is 0 Å². The van der Waals surface area contributed by atoms with Crippen molar-refractivity contribution in [3.63, 3.8) is 0 Å². The highest BCUT2D eigenvalue weighted by molar-refractivity contribution is 5.58. The number of benzene rings is 1. The van der Waals surface area contributed by atoms with E-state index in [-0.39, 0.29) is 0 Å². The monoisotopic (exact) mass is 188 g/mol. The summed E-state index contributed by atoms with van der Waals surface area (Å²) >= 11 is 0. The lowest BCUT2D eigenvalue weighted by molar-refractivity contribution is 0.190. The molecule has 0 fully saturated rings. The van der Waals surface area contributed by atoms with Gasteiger partial charge in [0.2, 0.25) is 0 Å². The second-order valence-electron chi connectivity index (χ2n) is 3.21. The van der Waals surface area contributed by atoms with Crippen LogP contribution in [0.15, 0.2) is 36.5 Å². The van der Waals surface area contributed by atoms with E-state index in [4.69, 9.17) is 0 Å². The maximum atomic E-state index is 9.29. The van der Waals surface area contributed by atoms with Crippen molar-refractivity contribution >= 4 is 0 Å². The fourth-order valence-corrected chi connectivity index (χ4v) is 1.31. The molecular formula is C11H12N2O. The minimum atomic E-state index is -0.549. The third kappa shape index (κ3) is 1.67. The van der Waals surface area contributed by atoms with Crippen molar-refractivity contribution in [2.75, 3.05) is 0 Å². The normalized spacial score (nSPS) is 12.7. The first kappa shape index (κ1) is 8.97. The molecule has 0 aliphatic heterocycles. The van der Waals surface area contributed by atoms with Gasteiger partial charge in [-0.15, -0.1) is 0 Å². The Morgan fingerprint density at radius 1 is 1.29 bits per heavy atom. The molecule has 1 unspecified atom stereocenters. The first-order chi connectivity index (χ1) is 6.77. The molecule has 14 heavy (non-hydrogen) atoms. The van der Waals surface area contributed by atoms with Gasteiger partial charge in [-0.05, 0) is 6.92 Å². The molecule has 0 aliphatic carbocycles. The van der Waals surface area contributed by atoms with Crippen molar-refractivity contribution in [3.05, 3.63) is 42.4 Å². The number of rotatable bonds is 2. The maximum Gasteiger partial charge on any atom is 0.135 e. The van der Waals surface area contributed by atoms with Crippen LogP contribution in [-0.4, -0.2) is 15.1 Å². The third-order valence-electron chi connectivity index (χ3n) is 2.06. The number of aliphatic hydroxyl groups is 1. The number of H-pyrrole nitrogens is 1. The summed E-state index contributed by atoms with van der Waals surface area (Å²) in [7, 11) is 0. The predicted molar refractivity (Wildman–Crippen MR) is 54.7 cm³/mol. The van der Waals surface area contributed by atoms with Crippen LogP contribution in [0.4, 0.5) is 0 Å². The summed E-state index contributed by atoms with van der Waals surface area (Å²) in [6, 6.07) is 9.87. The lowest BCUT2D eigenvalue weighted by atomic mass is 10.2. The summed E-state index contributed by atoms with van der Waals surface area (Å²) < 4.78 is 0. The van der Waals surface area contributed by atoms with Gasteiger partial charge in [0.25, 0.3) is 0 Å². The van der Waals surface area contributed by atoms with E-state index in [0.29, 0.717) is 5.82 Å². The number of hydrogen-bond donors (Lipinski definition) is 2. The Balaban J connectivity index is 2.34. The summed E-state index contributed by atoms with van der Waals surface area (Å²) in [5.41, 5.74) is 1.91. The Hall–Kier alpha value is -1.61. The van der Waals surface area contributed by atoms with Gasteiger partial charge in [-0.1, -0.05) is 30.3 Å². The van der Waals surface area contributed by atoms with E-state index in [9.17, 15) is 5.11 Å². The van der Waals surface area contributed by atoms with Crippen LogP contribution in [0.3, 0.4) is 0 Å².